The second-order valence-corrected chi connectivity index (χ2v) is 6.34. The van der Waals surface area contributed by atoms with Gasteiger partial charge in [0.25, 0.3) is 0 Å². The van der Waals surface area contributed by atoms with Crippen molar-refractivity contribution in [2.75, 3.05) is 18.4 Å². The number of benzene rings is 1. The predicted molar refractivity (Wildman–Crippen MR) is 75.2 cm³/mol. The van der Waals surface area contributed by atoms with Crippen LogP contribution >= 0.6 is 0 Å². The Hall–Kier alpha value is -1.07. The van der Waals surface area contributed by atoms with Crippen molar-refractivity contribution in [1.82, 2.24) is 4.72 Å². The monoisotopic (exact) mass is 270 g/mol. The molecule has 2 N–H and O–H groups in total. The maximum atomic E-state index is 12.2. The van der Waals surface area contributed by atoms with Crippen molar-refractivity contribution in [3.05, 3.63) is 24.3 Å². The van der Waals surface area contributed by atoms with E-state index in [0.717, 1.165) is 6.42 Å². The number of hydrogen-bond acceptors (Lipinski definition) is 3. The largest absolute Gasteiger partial charge is 0.384 e. The summed E-state index contributed by atoms with van der Waals surface area (Å²) in [6.45, 7) is 7.25. The highest BCUT2D eigenvalue weighted by atomic mass is 32.2. The number of sulfonamides is 1. The van der Waals surface area contributed by atoms with Crippen LogP contribution in [0.1, 0.15) is 27.2 Å². The molecule has 18 heavy (non-hydrogen) atoms. The molecule has 0 saturated carbocycles. The van der Waals surface area contributed by atoms with E-state index in [4.69, 9.17) is 0 Å². The van der Waals surface area contributed by atoms with Crippen molar-refractivity contribution in [3.63, 3.8) is 0 Å². The fraction of sp³-hybridized carbons (Fsp3) is 0.538. The van der Waals surface area contributed by atoms with Crippen LogP contribution in [-0.4, -0.2) is 21.5 Å². The summed E-state index contributed by atoms with van der Waals surface area (Å²) >= 11 is 0. The summed E-state index contributed by atoms with van der Waals surface area (Å²) in [6.07, 6.45) is 0.836. The summed E-state index contributed by atoms with van der Waals surface area (Å²) in [4.78, 5) is 0.315. The van der Waals surface area contributed by atoms with Crippen LogP contribution in [0, 0.1) is 5.92 Å². The van der Waals surface area contributed by atoms with Crippen molar-refractivity contribution < 1.29 is 8.42 Å². The molecule has 1 aromatic rings. The van der Waals surface area contributed by atoms with E-state index in [1.54, 1.807) is 18.2 Å². The summed E-state index contributed by atoms with van der Waals surface area (Å²) in [5.41, 5.74) is 0.650. The van der Waals surface area contributed by atoms with E-state index in [9.17, 15) is 8.42 Å². The van der Waals surface area contributed by atoms with Crippen LogP contribution in [-0.2, 0) is 10.0 Å². The zero-order chi connectivity index (χ0) is 13.6. The Balaban J connectivity index is 2.84. The minimum Gasteiger partial charge on any atom is -0.384 e. The second-order valence-electron chi connectivity index (χ2n) is 4.61. The van der Waals surface area contributed by atoms with Crippen LogP contribution in [0.25, 0.3) is 0 Å². The average molecular weight is 270 g/mol. The topological polar surface area (TPSA) is 58.2 Å². The number of rotatable bonds is 7. The second kappa shape index (κ2) is 6.75. The first-order valence-corrected chi connectivity index (χ1v) is 7.78. The van der Waals surface area contributed by atoms with Gasteiger partial charge < -0.3 is 5.32 Å². The molecule has 0 spiro atoms. The Bertz CT molecular complexity index is 470. The smallest absolute Gasteiger partial charge is 0.242 e. The van der Waals surface area contributed by atoms with Gasteiger partial charge in [-0.3, -0.25) is 0 Å². The van der Waals surface area contributed by atoms with Crippen LogP contribution < -0.4 is 10.0 Å². The molecule has 5 heteroatoms. The predicted octanol–water partition coefficient (Wildman–Crippen LogP) is 2.44. The molecular weight excluding hydrogens is 248 g/mol. The van der Waals surface area contributed by atoms with Crippen LogP contribution in [0.5, 0.6) is 0 Å². The molecule has 1 aromatic carbocycles. The van der Waals surface area contributed by atoms with Crippen LogP contribution in [0.15, 0.2) is 29.2 Å². The third-order valence-electron chi connectivity index (χ3n) is 2.56. The number of para-hydroxylation sites is 1. The molecule has 4 nitrogen and oxygen atoms in total. The summed E-state index contributed by atoms with van der Waals surface area (Å²) in [7, 11) is -3.42. The van der Waals surface area contributed by atoms with Gasteiger partial charge in [0.15, 0.2) is 0 Å². The van der Waals surface area contributed by atoms with Gasteiger partial charge >= 0.3 is 0 Å². The van der Waals surface area contributed by atoms with Gasteiger partial charge in [-0.25, -0.2) is 13.1 Å². The maximum absolute atomic E-state index is 12.2. The quantitative estimate of drug-likeness (QED) is 0.800. The Morgan fingerprint density at radius 2 is 1.89 bits per heavy atom. The van der Waals surface area contributed by atoms with E-state index in [1.165, 1.54) is 0 Å². The Morgan fingerprint density at radius 3 is 2.50 bits per heavy atom. The van der Waals surface area contributed by atoms with E-state index in [2.05, 4.69) is 23.9 Å². The lowest BCUT2D eigenvalue weighted by molar-refractivity contribution is 0.552. The molecule has 0 heterocycles. The molecule has 0 atom stereocenters. The number of anilines is 1. The van der Waals surface area contributed by atoms with E-state index < -0.39 is 10.0 Å². The third-order valence-corrected chi connectivity index (χ3v) is 4.08. The van der Waals surface area contributed by atoms with Crippen molar-refractivity contribution in [2.45, 2.75) is 32.1 Å². The zero-order valence-corrected chi connectivity index (χ0v) is 12.0. The lowest BCUT2D eigenvalue weighted by Crippen LogP contribution is -2.26. The van der Waals surface area contributed by atoms with Crippen molar-refractivity contribution in [3.8, 4) is 0 Å². The fourth-order valence-corrected chi connectivity index (χ4v) is 2.83. The maximum Gasteiger partial charge on any atom is 0.242 e. The Kier molecular flexibility index (Phi) is 5.62. The summed E-state index contributed by atoms with van der Waals surface area (Å²) in [5, 5.41) is 3.06. The van der Waals surface area contributed by atoms with E-state index in [0.29, 0.717) is 29.6 Å². The zero-order valence-electron chi connectivity index (χ0n) is 11.2. The Labute approximate surface area is 110 Å². The molecule has 0 radical (unpaired) electrons. The molecule has 102 valence electrons. The molecule has 0 fully saturated rings. The molecular formula is C13H22N2O2S. The van der Waals surface area contributed by atoms with E-state index in [1.807, 2.05) is 13.0 Å². The molecule has 0 unspecified atom stereocenters. The van der Waals surface area contributed by atoms with Gasteiger partial charge in [0, 0.05) is 13.1 Å². The minimum absolute atomic E-state index is 0.315. The van der Waals surface area contributed by atoms with E-state index >= 15 is 0 Å². The Morgan fingerprint density at radius 1 is 1.22 bits per heavy atom. The van der Waals surface area contributed by atoms with Gasteiger partial charge in [0.2, 0.25) is 10.0 Å². The molecule has 0 amide bonds. The van der Waals surface area contributed by atoms with Crippen LogP contribution in [0.2, 0.25) is 0 Å². The first-order chi connectivity index (χ1) is 8.47. The van der Waals surface area contributed by atoms with Gasteiger partial charge in [-0.2, -0.15) is 0 Å². The van der Waals surface area contributed by atoms with Gasteiger partial charge in [0.1, 0.15) is 4.90 Å². The molecule has 0 aliphatic heterocycles. The summed E-state index contributed by atoms with van der Waals surface area (Å²) < 4.78 is 27.0. The van der Waals surface area contributed by atoms with Gasteiger partial charge in [-0.05, 0) is 31.4 Å². The van der Waals surface area contributed by atoms with Gasteiger partial charge in [-0.15, -0.1) is 0 Å². The fourth-order valence-electron chi connectivity index (χ4n) is 1.60. The van der Waals surface area contributed by atoms with Crippen molar-refractivity contribution in [2.24, 2.45) is 5.92 Å². The highest BCUT2D eigenvalue weighted by Gasteiger charge is 2.17. The normalized spacial score (nSPS) is 11.8. The highest BCUT2D eigenvalue weighted by Crippen LogP contribution is 2.20. The molecule has 0 aromatic heterocycles. The standard InChI is InChI=1S/C13H22N2O2S/c1-4-14-12-7-5-6-8-13(12)18(16,17)15-10-9-11(2)3/h5-8,11,14-15H,4,9-10H2,1-3H3. The number of hydrogen-bond donors (Lipinski definition) is 2. The van der Waals surface area contributed by atoms with E-state index in [-0.39, 0.29) is 0 Å². The lowest BCUT2D eigenvalue weighted by atomic mass is 10.1. The van der Waals surface area contributed by atoms with Gasteiger partial charge in [-0.1, -0.05) is 26.0 Å². The molecule has 1 rings (SSSR count). The van der Waals surface area contributed by atoms with Crippen molar-refractivity contribution in [1.29, 1.82) is 0 Å². The van der Waals surface area contributed by atoms with Crippen LogP contribution in [0.4, 0.5) is 5.69 Å². The lowest BCUT2D eigenvalue weighted by Gasteiger charge is -2.12. The highest BCUT2D eigenvalue weighted by molar-refractivity contribution is 7.89. The molecule has 0 aliphatic carbocycles. The molecule has 0 bridgehead atoms. The summed E-state index contributed by atoms with van der Waals surface area (Å²) in [6, 6.07) is 6.96. The SMILES string of the molecule is CCNc1ccccc1S(=O)(=O)NCCC(C)C. The number of nitrogens with one attached hydrogen (secondary N) is 2. The first-order valence-electron chi connectivity index (χ1n) is 6.30. The third kappa shape index (κ3) is 4.31. The van der Waals surface area contributed by atoms with Crippen molar-refractivity contribution >= 4 is 15.7 Å². The van der Waals surface area contributed by atoms with Gasteiger partial charge in [0.05, 0.1) is 5.69 Å². The molecule has 0 saturated heterocycles. The molecule has 0 aliphatic rings. The minimum atomic E-state index is -3.42. The first kappa shape index (κ1) is 15.0. The van der Waals surface area contributed by atoms with Crippen LogP contribution in [0.3, 0.4) is 0 Å². The average Bonchev–Trinajstić information content (AvgIpc) is 2.29. The summed E-state index contributed by atoms with van der Waals surface area (Å²) in [5.74, 6) is 0.483.